The molecule has 0 bridgehead atoms. The Hall–Kier alpha value is -2.23. The van der Waals surface area contributed by atoms with Crippen molar-refractivity contribution in [2.75, 3.05) is 19.0 Å². The van der Waals surface area contributed by atoms with Crippen LogP contribution >= 0.6 is 0 Å². The van der Waals surface area contributed by atoms with Crippen molar-refractivity contribution in [3.05, 3.63) is 48.2 Å². The molecule has 0 aliphatic carbocycles. The van der Waals surface area contributed by atoms with Crippen molar-refractivity contribution in [3.63, 3.8) is 0 Å². The van der Waals surface area contributed by atoms with Gasteiger partial charge in [0, 0.05) is 25.8 Å². The van der Waals surface area contributed by atoms with Crippen molar-refractivity contribution in [1.82, 2.24) is 0 Å². The average Bonchev–Trinajstić information content (AvgIpc) is 2.38. The van der Waals surface area contributed by atoms with Gasteiger partial charge < -0.3 is 4.90 Å². The first-order valence-electron chi connectivity index (χ1n) is 6.21. The predicted octanol–water partition coefficient (Wildman–Crippen LogP) is 3.30. The van der Waals surface area contributed by atoms with E-state index in [1.165, 1.54) is 5.56 Å². The summed E-state index contributed by atoms with van der Waals surface area (Å²) in [7, 11) is 6.00. The van der Waals surface area contributed by atoms with Gasteiger partial charge in [0.05, 0.1) is 18.4 Å². The van der Waals surface area contributed by atoms with Crippen molar-refractivity contribution < 1.29 is 4.57 Å². The van der Waals surface area contributed by atoms with Gasteiger partial charge in [0.15, 0.2) is 0 Å². The van der Waals surface area contributed by atoms with Crippen LogP contribution in [0.3, 0.4) is 0 Å². The van der Waals surface area contributed by atoms with Gasteiger partial charge in [-0.15, -0.1) is 0 Å². The van der Waals surface area contributed by atoms with Crippen LogP contribution in [0.5, 0.6) is 0 Å². The van der Waals surface area contributed by atoms with E-state index in [4.69, 9.17) is 0 Å². The molecule has 0 unspecified atom stereocenters. The first-order valence-corrected chi connectivity index (χ1v) is 6.21. The third kappa shape index (κ3) is 3.37. The Kier molecular flexibility index (Phi) is 3.90. The highest BCUT2D eigenvalue weighted by Gasteiger charge is 2.05. The van der Waals surface area contributed by atoms with Gasteiger partial charge in [0.25, 0.3) is 0 Å². The van der Waals surface area contributed by atoms with Gasteiger partial charge in [0.1, 0.15) is 5.69 Å². The molecule has 2 aromatic rings. The zero-order valence-corrected chi connectivity index (χ0v) is 11.8. The Balaban J connectivity index is 2.18. The first kappa shape index (κ1) is 13.2. The van der Waals surface area contributed by atoms with Gasteiger partial charge in [-0.25, -0.2) is 4.57 Å². The molecule has 1 aromatic carbocycles. The molecule has 4 nitrogen and oxygen atoms in total. The van der Waals surface area contributed by atoms with Crippen molar-refractivity contribution in [1.29, 1.82) is 0 Å². The van der Waals surface area contributed by atoms with Crippen LogP contribution in [0.15, 0.2) is 52.8 Å². The molecule has 0 amide bonds. The number of anilines is 1. The van der Waals surface area contributed by atoms with Crippen LogP contribution in [0.1, 0.15) is 5.56 Å². The SMILES string of the molecule is Cc1ccc(N=Nc2ccc(N(C)C)cc2)[n+](C)c1. The molecule has 0 N–H and O–H groups in total. The van der Waals surface area contributed by atoms with Crippen LogP contribution in [0, 0.1) is 6.92 Å². The minimum atomic E-state index is 0.835. The molecule has 98 valence electrons. The molecule has 4 heteroatoms. The molecule has 1 heterocycles. The Morgan fingerprint density at radius 1 is 0.947 bits per heavy atom. The molecule has 0 radical (unpaired) electrons. The summed E-state index contributed by atoms with van der Waals surface area (Å²) < 4.78 is 1.97. The highest BCUT2D eigenvalue weighted by Crippen LogP contribution is 2.19. The van der Waals surface area contributed by atoms with Crippen LogP contribution in [0.25, 0.3) is 0 Å². The van der Waals surface area contributed by atoms with E-state index < -0.39 is 0 Å². The Morgan fingerprint density at radius 2 is 1.63 bits per heavy atom. The molecule has 0 saturated heterocycles. The van der Waals surface area contributed by atoms with Crippen molar-refractivity contribution >= 4 is 17.2 Å². The van der Waals surface area contributed by atoms with Gasteiger partial charge in [-0.2, -0.15) is 0 Å². The van der Waals surface area contributed by atoms with E-state index in [2.05, 4.69) is 22.1 Å². The monoisotopic (exact) mass is 255 g/mol. The number of aryl methyl sites for hydroxylation is 2. The topological polar surface area (TPSA) is 31.8 Å². The molecule has 0 spiro atoms. The lowest BCUT2D eigenvalue weighted by Gasteiger charge is -2.11. The van der Waals surface area contributed by atoms with E-state index in [0.717, 1.165) is 17.2 Å². The zero-order chi connectivity index (χ0) is 13.8. The second kappa shape index (κ2) is 5.61. The lowest BCUT2D eigenvalue weighted by molar-refractivity contribution is -0.658. The normalized spacial score (nSPS) is 10.9. The van der Waals surface area contributed by atoms with E-state index in [-0.39, 0.29) is 0 Å². The third-order valence-corrected chi connectivity index (χ3v) is 2.89. The van der Waals surface area contributed by atoms with Crippen molar-refractivity contribution in [2.24, 2.45) is 17.3 Å². The van der Waals surface area contributed by atoms with Crippen LogP contribution in [-0.4, -0.2) is 14.1 Å². The van der Waals surface area contributed by atoms with Gasteiger partial charge in [0.2, 0.25) is 0 Å². The van der Waals surface area contributed by atoms with E-state index in [1.54, 1.807) is 0 Å². The molecular formula is C15H19N4+. The lowest BCUT2D eigenvalue weighted by Crippen LogP contribution is -2.27. The summed E-state index contributed by atoms with van der Waals surface area (Å²) in [5, 5.41) is 8.52. The fourth-order valence-corrected chi connectivity index (χ4v) is 1.77. The molecule has 0 aliphatic rings. The number of hydrogen-bond acceptors (Lipinski definition) is 3. The zero-order valence-electron chi connectivity index (χ0n) is 11.8. The van der Waals surface area contributed by atoms with Crippen LogP contribution < -0.4 is 9.47 Å². The van der Waals surface area contributed by atoms with E-state index in [0.29, 0.717) is 0 Å². The van der Waals surface area contributed by atoms with Crippen LogP contribution in [0.2, 0.25) is 0 Å². The second-order valence-electron chi connectivity index (χ2n) is 4.79. The average molecular weight is 255 g/mol. The van der Waals surface area contributed by atoms with Gasteiger partial charge >= 0.3 is 5.82 Å². The van der Waals surface area contributed by atoms with Crippen LogP contribution in [-0.2, 0) is 7.05 Å². The molecule has 0 saturated carbocycles. The summed E-state index contributed by atoms with van der Waals surface area (Å²) in [6, 6.07) is 12.0. The van der Waals surface area contributed by atoms with E-state index in [1.807, 2.05) is 68.3 Å². The number of benzene rings is 1. The summed E-state index contributed by atoms with van der Waals surface area (Å²) >= 11 is 0. The molecule has 2 rings (SSSR count). The highest BCUT2D eigenvalue weighted by molar-refractivity contribution is 5.51. The molecular weight excluding hydrogens is 236 g/mol. The molecule has 0 fully saturated rings. The summed E-state index contributed by atoms with van der Waals surface area (Å²) in [5.41, 5.74) is 3.21. The quantitative estimate of drug-likeness (QED) is 0.611. The Labute approximate surface area is 114 Å². The number of rotatable bonds is 3. The Bertz CT molecular complexity index is 586. The molecule has 1 aromatic heterocycles. The maximum atomic E-state index is 4.27. The Morgan fingerprint density at radius 3 is 2.21 bits per heavy atom. The number of aromatic nitrogens is 1. The second-order valence-corrected chi connectivity index (χ2v) is 4.79. The fourth-order valence-electron chi connectivity index (χ4n) is 1.77. The third-order valence-electron chi connectivity index (χ3n) is 2.89. The van der Waals surface area contributed by atoms with Crippen molar-refractivity contribution in [3.8, 4) is 0 Å². The van der Waals surface area contributed by atoms with Gasteiger partial charge in [-0.3, -0.25) is 0 Å². The predicted molar refractivity (Wildman–Crippen MR) is 77.3 cm³/mol. The smallest absolute Gasteiger partial charge is 0.350 e. The number of pyridine rings is 1. The van der Waals surface area contributed by atoms with Crippen LogP contribution in [0.4, 0.5) is 17.2 Å². The molecule has 0 aliphatic heterocycles. The van der Waals surface area contributed by atoms with Crippen molar-refractivity contribution in [2.45, 2.75) is 6.92 Å². The molecule has 19 heavy (non-hydrogen) atoms. The van der Waals surface area contributed by atoms with Gasteiger partial charge in [-0.05, 0) is 47.9 Å². The summed E-state index contributed by atoms with van der Waals surface area (Å²) in [5.74, 6) is 0.835. The summed E-state index contributed by atoms with van der Waals surface area (Å²) in [6.45, 7) is 2.06. The summed E-state index contributed by atoms with van der Waals surface area (Å²) in [6.07, 6.45) is 2.03. The highest BCUT2D eigenvalue weighted by atomic mass is 15.2. The number of azo groups is 1. The van der Waals surface area contributed by atoms with E-state index >= 15 is 0 Å². The minimum absolute atomic E-state index is 0.835. The maximum Gasteiger partial charge on any atom is 0.350 e. The summed E-state index contributed by atoms with van der Waals surface area (Å²) in [4.78, 5) is 2.06. The lowest BCUT2D eigenvalue weighted by atomic mass is 10.3. The van der Waals surface area contributed by atoms with Gasteiger partial charge in [-0.1, -0.05) is 0 Å². The first-order chi connectivity index (χ1) is 9.06. The maximum absolute atomic E-state index is 4.27. The largest absolute Gasteiger partial charge is 0.378 e. The number of hydrogen-bond donors (Lipinski definition) is 0. The number of nitrogens with zero attached hydrogens (tertiary/aromatic N) is 4. The minimum Gasteiger partial charge on any atom is -0.378 e. The van der Waals surface area contributed by atoms with E-state index in [9.17, 15) is 0 Å². The fraction of sp³-hybridized carbons (Fsp3) is 0.267. The standard InChI is InChI=1S/C15H19N4/c1-12-5-10-15(19(4)11-12)17-16-13-6-8-14(9-7-13)18(2)3/h5-11H,1-4H3/q+1. The molecule has 0 atom stereocenters.